The molecule has 2 heterocycles. The Hall–Kier alpha value is -2.10. The average Bonchev–Trinajstić information content (AvgIpc) is 2.60. The molecular formula is C16H18N2O6. The minimum Gasteiger partial charge on any atom is -0.506 e. The van der Waals surface area contributed by atoms with E-state index in [-0.39, 0.29) is 5.75 Å². The third-order valence-electron chi connectivity index (χ3n) is 3.94. The van der Waals surface area contributed by atoms with Crippen molar-refractivity contribution in [2.24, 2.45) is 4.99 Å². The number of aliphatic hydroxyl groups excluding tert-OH is 4. The van der Waals surface area contributed by atoms with Crippen molar-refractivity contribution in [3.63, 3.8) is 0 Å². The Bertz CT molecular complexity index is 750. The number of aliphatic hydroxyl groups is 4. The molecule has 0 radical (unpaired) electrons. The SMILES string of the molecule is OC[C@H]1O[C@@H](/N=C/c2ccc3cccc(O)c3n2)[C@H](O)[C@@H](O)[C@@H]1O. The average molecular weight is 334 g/mol. The zero-order valence-corrected chi connectivity index (χ0v) is 12.6. The number of pyridine rings is 1. The van der Waals surface area contributed by atoms with Gasteiger partial charge in [0.1, 0.15) is 35.7 Å². The molecule has 0 amide bonds. The van der Waals surface area contributed by atoms with Gasteiger partial charge in [0.2, 0.25) is 0 Å². The summed E-state index contributed by atoms with van der Waals surface area (Å²) in [4.78, 5) is 8.29. The fourth-order valence-electron chi connectivity index (χ4n) is 2.57. The number of fused-ring (bicyclic) bond motifs is 1. The molecule has 128 valence electrons. The number of aromatic hydroxyl groups is 1. The smallest absolute Gasteiger partial charge is 0.177 e. The van der Waals surface area contributed by atoms with Crippen molar-refractivity contribution in [1.29, 1.82) is 0 Å². The summed E-state index contributed by atoms with van der Waals surface area (Å²) in [6, 6.07) is 8.47. The third-order valence-corrected chi connectivity index (χ3v) is 3.94. The molecule has 8 nitrogen and oxygen atoms in total. The molecule has 1 aromatic carbocycles. The molecule has 0 aliphatic carbocycles. The van der Waals surface area contributed by atoms with Crippen molar-refractivity contribution in [2.45, 2.75) is 30.6 Å². The van der Waals surface area contributed by atoms with E-state index in [0.717, 1.165) is 5.39 Å². The molecule has 5 N–H and O–H groups in total. The molecule has 3 rings (SSSR count). The minimum atomic E-state index is -1.48. The number of benzene rings is 1. The first-order valence-electron chi connectivity index (χ1n) is 7.43. The van der Waals surface area contributed by atoms with Crippen LogP contribution in [0.4, 0.5) is 0 Å². The predicted molar refractivity (Wildman–Crippen MR) is 84.8 cm³/mol. The van der Waals surface area contributed by atoms with Gasteiger partial charge in [-0.1, -0.05) is 18.2 Å². The minimum absolute atomic E-state index is 0.0376. The molecule has 1 saturated heterocycles. The topological polar surface area (TPSA) is 136 Å². The highest BCUT2D eigenvalue weighted by molar-refractivity contribution is 5.88. The molecule has 24 heavy (non-hydrogen) atoms. The molecule has 1 aromatic heterocycles. The summed E-state index contributed by atoms with van der Waals surface area (Å²) < 4.78 is 5.28. The van der Waals surface area contributed by atoms with Crippen LogP contribution in [0, 0.1) is 0 Å². The lowest BCUT2D eigenvalue weighted by Gasteiger charge is -2.38. The van der Waals surface area contributed by atoms with Gasteiger partial charge in [-0.3, -0.25) is 4.99 Å². The van der Waals surface area contributed by atoms with Gasteiger partial charge in [0.15, 0.2) is 6.23 Å². The molecule has 0 spiro atoms. The number of hydrogen-bond acceptors (Lipinski definition) is 8. The Balaban J connectivity index is 1.83. The normalized spacial score (nSPS) is 30.9. The highest BCUT2D eigenvalue weighted by Gasteiger charge is 2.43. The van der Waals surface area contributed by atoms with Crippen LogP contribution in [0.5, 0.6) is 5.75 Å². The van der Waals surface area contributed by atoms with E-state index in [0.29, 0.717) is 11.2 Å². The van der Waals surface area contributed by atoms with Crippen molar-refractivity contribution in [3.8, 4) is 5.75 Å². The second-order valence-corrected chi connectivity index (χ2v) is 5.58. The van der Waals surface area contributed by atoms with Crippen LogP contribution in [0.1, 0.15) is 5.69 Å². The highest BCUT2D eigenvalue weighted by Crippen LogP contribution is 2.23. The summed E-state index contributed by atoms with van der Waals surface area (Å²) in [6.45, 7) is -0.515. The molecule has 0 bridgehead atoms. The van der Waals surface area contributed by atoms with E-state index in [1.54, 1.807) is 24.3 Å². The largest absolute Gasteiger partial charge is 0.506 e. The number of aliphatic imine (C=N–C) groups is 1. The third kappa shape index (κ3) is 3.10. The van der Waals surface area contributed by atoms with Gasteiger partial charge in [0.05, 0.1) is 18.5 Å². The second kappa shape index (κ2) is 6.80. The summed E-state index contributed by atoms with van der Waals surface area (Å²) in [5.74, 6) is 0.0376. The summed E-state index contributed by atoms with van der Waals surface area (Å²) in [6.07, 6.45) is -5.17. The van der Waals surface area contributed by atoms with Crippen LogP contribution in [-0.4, -0.2) is 74.0 Å². The maximum Gasteiger partial charge on any atom is 0.177 e. The Morgan fingerprint density at radius 3 is 2.62 bits per heavy atom. The quantitative estimate of drug-likeness (QED) is 0.462. The molecule has 0 saturated carbocycles. The monoisotopic (exact) mass is 334 g/mol. The molecule has 1 fully saturated rings. The Kier molecular flexibility index (Phi) is 4.74. The number of nitrogens with zero attached hydrogens (tertiary/aromatic N) is 2. The molecule has 2 aromatic rings. The molecule has 0 unspecified atom stereocenters. The van der Waals surface area contributed by atoms with Gasteiger partial charge in [-0.25, -0.2) is 4.98 Å². The number of phenols is 1. The summed E-state index contributed by atoms with van der Waals surface area (Å²) in [5, 5.41) is 49.1. The lowest BCUT2D eigenvalue weighted by Crippen LogP contribution is -2.57. The summed E-state index contributed by atoms with van der Waals surface area (Å²) in [5.41, 5.74) is 0.830. The van der Waals surface area contributed by atoms with Crippen LogP contribution in [0.2, 0.25) is 0 Å². The fraction of sp³-hybridized carbons (Fsp3) is 0.375. The second-order valence-electron chi connectivity index (χ2n) is 5.58. The number of rotatable bonds is 3. The van der Waals surface area contributed by atoms with Crippen molar-refractivity contribution in [3.05, 3.63) is 36.0 Å². The van der Waals surface area contributed by atoms with Gasteiger partial charge in [-0.05, 0) is 12.1 Å². The summed E-state index contributed by atoms with van der Waals surface area (Å²) >= 11 is 0. The first-order chi connectivity index (χ1) is 11.5. The van der Waals surface area contributed by atoms with Crippen LogP contribution >= 0.6 is 0 Å². The molecular weight excluding hydrogens is 316 g/mol. The number of aromatic nitrogens is 1. The lowest BCUT2D eigenvalue weighted by molar-refractivity contribution is -0.226. The number of hydrogen-bond donors (Lipinski definition) is 5. The molecule has 1 aliphatic rings. The van der Waals surface area contributed by atoms with Crippen LogP contribution in [0.3, 0.4) is 0 Å². The maximum absolute atomic E-state index is 9.92. The van der Waals surface area contributed by atoms with Gasteiger partial charge in [-0.2, -0.15) is 0 Å². The standard InChI is InChI=1S/C16H18N2O6/c19-7-11-13(21)14(22)15(23)16(24-11)17-6-9-5-4-8-2-1-3-10(20)12(8)18-9/h1-6,11,13-16,19-23H,7H2/b17-6+/t11-,13-,14+,15-,16-/m1/s1. The van der Waals surface area contributed by atoms with Crippen LogP contribution in [0.25, 0.3) is 10.9 Å². The Morgan fingerprint density at radius 2 is 1.88 bits per heavy atom. The zero-order valence-electron chi connectivity index (χ0n) is 12.6. The fourth-order valence-corrected chi connectivity index (χ4v) is 2.57. The predicted octanol–water partition coefficient (Wildman–Crippen LogP) is -0.841. The zero-order chi connectivity index (χ0) is 17.3. The van der Waals surface area contributed by atoms with E-state index in [1.165, 1.54) is 12.3 Å². The first kappa shape index (κ1) is 16.7. The first-order valence-corrected chi connectivity index (χ1v) is 7.43. The molecule has 5 atom stereocenters. The van der Waals surface area contributed by atoms with Crippen molar-refractivity contribution < 1.29 is 30.3 Å². The Labute approximate surface area is 137 Å². The highest BCUT2D eigenvalue weighted by atomic mass is 16.6. The van der Waals surface area contributed by atoms with Gasteiger partial charge in [0.25, 0.3) is 0 Å². The van der Waals surface area contributed by atoms with Crippen LogP contribution in [0.15, 0.2) is 35.3 Å². The van der Waals surface area contributed by atoms with Gasteiger partial charge >= 0.3 is 0 Å². The number of ether oxygens (including phenoxy) is 1. The van der Waals surface area contributed by atoms with Crippen molar-refractivity contribution >= 4 is 17.1 Å². The van der Waals surface area contributed by atoms with Crippen LogP contribution in [-0.2, 0) is 4.74 Å². The van der Waals surface area contributed by atoms with E-state index in [4.69, 9.17) is 9.84 Å². The van der Waals surface area contributed by atoms with E-state index >= 15 is 0 Å². The molecule has 1 aliphatic heterocycles. The number of phenolic OH excluding ortho intramolecular Hbond substituents is 1. The van der Waals surface area contributed by atoms with Crippen molar-refractivity contribution in [2.75, 3.05) is 6.61 Å². The Morgan fingerprint density at radius 1 is 1.08 bits per heavy atom. The molecule has 8 heteroatoms. The van der Waals surface area contributed by atoms with E-state index < -0.39 is 37.3 Å². The van der Waals surface area contributed by atoms with Crippen molar-refractivity contribution in [1.82, 2.24) is 4.98 Å². The van der Waals surface area contributed by atoms with E-state index in [9.17, 15) is 20.4 Å². The van der Waals surface area contributed by atoms with Gasteiger partial charge < -0.3 is 30.3 Å². The van der Waals surface area contributed by atoms with Gasteiger partial charge in [-0.15, -0.1) is 0 Å². The summed E-state index contributed by atoms with van der Waals surface area (Å²) in [7, 11) is 0. The van der Waals surface area contributed by atoms with E-state index in [1.807, 2.05) is 0 Å². The van der Waals surface area contributed by atoms with Crippen LogP contribution < -0.4 is 0 Å². The van der Waals surface area contributed by atoms with Gasteiger partial charge in [0, 0.05) is 5.39 Å². The number of para-hydroxylation sites is 1. The van der Waals surface area contributed by atoms with E-state index in [2.05, 4.69) is 9.98 Å². The lowest BCUT2D eigenvalue weighted by atomic mass is 9.99. The maximum atomic E-state index is 9.92.